The Kier molecular flexibility index (Phi) is 3.91. The molecule has 2 N–H and O–H groups in total. The van der Waals surface area contributed by atoms with Gasteiger partial charge in [0.05, 0.1) is 0 Å². The first-order valence-corrected chi connectivity index (χ1v) is 7.34. The summed E-state index contributed by atoms with van der Waals surface area (Å²) in [5.41, 5.74) is 1.26. The maximum absolute atomic E-state index is 12.1. The first kappa shape index (κ1) is 14.3. The van der Waals surface area contributed by atoms with E-state index in [1.54, 1.807) is 54.3 Å². The maximum atomic E-state index is 12.1. The van der Waals surface area contributed by atoms with Crippen molar-refractivity contribution in [3.05, 3.63) is 48.3 Å². The quantitative estimate of drug-likeness (QED) is 0.886. The molecule has 22 heavy (non-hydrogen) atoms. The summed E-state index contributed by atoms with van der Waals surface area (Å²) in [7, 11) is 0. The fourth-order valence-corrected chi connectivity index (χ4v) is 2.08. The molecule has 1 aromatic carbocycles. The molecular weight excluding hydrogens is 280 g/mol. The van der Waals surface area contributed by atoms with Crippen LogP contribution in [0.5, 0.6) is 0 Å². The molecule has 1 atom stereocenters. The van der Waals surface area contributed by atoms with E-state index in [0.717, 1.165) is 12.8 Å². The van der Waals surface area contributed by atoms with E-state index < -0.39 is 6.04 Å². The molecule has 1 unspecified atom stereocenters. The maximum Gasteiger partial charge on any atom is 0.251 e. The molecule has 1 fully saturated rings. The third-order valence-electron chi connectivity index (χ3n) is 3.63. The van der Waals surface area contributed by atoms with Crippen molar-refractivity contribution in [2.75, 3.05) is 5.32 Å². The van der Waals surface area contributed by atoms with Gasteiger partial charge in [0.2, 0.25) is 5.91 Å². The van der Waals surface area contributed by atoms with E-state index in [9.17, 15) is 9.59 Å². The molecule has 114 valence electrons. The van der Waals surface area contributed by atoms with Crippen molar-refractivity contribution in [2.24, 2.45) is 0 Å². The summed E-state index contributed by atoms with van der Waals surface area (Å²) in [6, 6.07) is 8.61. The van der Waals surface area contributed by atoms with Crippen molar-refractivity contribution in [3.8, 4) is 0 Å². The first-order valence-electron chi connectivity index (χ1n) is 7.34. The van der Waals surface area contributed by atoms with Crippen molar-refractivity contribution in [3.63, 3.8) is 0 Å². The largest absolute Gasteiger partial charge is 0.349 e. The Hall–Kier alpha value is -2.63. The van der Waals surface area contributed by atoms with E-state index in [4.69, 9.17) is 0 Å². The van der Waals surface area contributed by atoms with Crippen LogP contribution >= 0.6 is 0 Å². The topological polar surface area (TPSA) is 76.0 Å². The number of benzene rings is 1. The van der Waals surface area contributed by atoms with E-state index in [2.05, 4.69) is 15.7 Å². The van der Waals surface area contributed by atoms with E-state index >= 15 is 0 Å². The molecule has 3 rings (SSSR count). The molecule has 1 aliphatic carbocycles. The van der Waals surface area contributed by atoms with Gasteiger partial charge in [0, 0.05) is 29.7 Å². The number of nitrogens with one attached hydrogen (secondary N) is 2. The average Bonchev–Trinajstić information content (AvgIpc) is 3.17. The minimum absolute atomic E-state index is 0.0646. The summed E-state index contributed by atoms with van der Waals surface area (Å²) < 4.78 is 1.59. The first-order chi connectivity index (χ1) is 10.6. The highest BCUT2D eigenvalue weighted by atomic mass is 16.2. The molecule has 0 spiro atoms. The van der Waals surface area contributed by atoms with E-state index in [1.807, 2.05) is 0 Å². The van der Waals surface area contributed by atoms with Gasteiger partial charge < -0.3 is 10.6 Å². The summed E-state index contributed by atoms with van der Waals surface area (Å²) in [6.07, 6.45) is 5.50. The molecule has 1 aromatic heterocycles. The van der Waals surface area contributed by atoms with Crippen LogP contribution in [0.25, 0.3) is 0 Å². The third kappa shape index (κ3) is 3.33. The minimum atomic E-state index is -0.396. The highest BCUT2D eigenvalue weighted by molar-refractivity contribution is 5.96. The van der Waals surface area contributed by atoms with Crippen LogP contribution in [-0.4, -0.2) is 27.6 Å². The van der Waals surface area contributed by atoms with E-state index in [-0.39, 0.29) is 11.8 Å². The van der Waals surface area contributed by atoms with Gasteiger partial charge in [-0.1, -0.05) is 0 Å². The van der Waals surface area contributed by atoms with Gasteiger partial charge >= 0.3 is 0 Å². The van der Waals surface area contributed by atoms with Crippen LogP contribution in [0.1, 0.15) is 36.2 Å². The molecule has 2 amide bonds. The van der Waals surface area contributed by atoms with Crippen LogP contribution in [0.15, 0.2) is 42.7 Å². The molecule has 0 saturated heterocycles. The van der Waals surface area contributed by atoms with Gasteiger partial charge in [-0.3, -0.25) is 14.3 Å². The van der Waals surface area contributed by atoms with Crippen LogP contribution in [0.3, 0.4) is 0 Å². The zero-order chi connectivity index (χ0) is 15.5. The third-order valence-corrected chi connectivity index (χ3v) is 3.63. The van der Waals surface area contributed by atoms with Crippen molar-refractivity contribution in [1.29, 1.82) is 0 Å². The molecular formula is C16H18N4O2. The van der Waals surface area contributed by atoms with Gasteiger partial charge in [-0.2, -0.15) is 5.10 Å². The number of hydrogen-bond acceptors (Lipinski definition) is 3. The fourth-order valence-electron chi connectivity index (χ4n) is 2.08. The fraction of sp³-hybridized carbons (Fsp3) is 0.312. The smallest absolute Gasteiger partial charge is 0.251 e. The number of anilines is 1. The van der Waals surface area contributed by atoms with Gasteiger partial charge in [-0.15, -0.1) is 0 Å². The summed E-state index contributed by atoms with van der Waals surface area (Å²) in [6.45, 7) is 1.78. The number of amides is 2. The van der Waals surface area contributed by atoms with Crippen molar-refractivity contribution < 1.29 is 9.59 Å². The van der Waals surface area contributed by atoms with Gasteiger partial charge in [0.25, 0.3) is 5.91 Å². The molecule has 1 aliphatic rings. The summed E-state index contributed by atoms with van der Waals surface area (Å²) in [5, 5.41) is 9.80. The Morgan fingerprint density at radius 3 is 2.59 bits per heavy atom. The van der Waals surface area contributed by atoms with Gasteiger partial charge in [-0.05, 0) is 50.1 Å². The number of rotatable bonds is 5. The average molecular weight is 298 g/mol. The lowest BCUT2D eigenvalue weighted by atomic mass is 10.2. The van der Waals surface area contributed by atoms with Crippen molar-refractivity contribution >= 4 is 17.5 Å². The second-order valence-electron chi connectivity index (χ2n) is 5.48. The van der Waals surface area contributed by atoms with Gasteiger partial charge in [-0.25, -0.2) is 0 Å². The van der Waals surface area contributed by atoms with Crippen LogP contribution in [0.2, 0.25) is 0 Å². The van der Waals surface area contributed by atoms with Crippen LogP contribution in [-0.2, 0) is 4.79 Å². The normalized spacial score (nSPS) is 15.1. The second kappa shape index (κ2) is 6.01. The molecule has 6 nitrogen and oxygen atoms in total. The lowest BCUT2D eigenvalue weighted by Gasteiger charge is -2.13. The van der Waals surface area contributed by atoms with Crippen LogP contribution in [0.4, 0.5) is 5.69 Å². The number of carbonyl (C=O) groups excluding carboxylic acids is 2. The minimum Gasteiger partial charge on any atom is -0.349 e. The molecule has 0 aliphatic heterocycles. The van der Waals surface area contributed by atoms with E-state index in [0.29, 0.717) is 17.3 Å². The molecule has 1 heterocycles. The number of aromatic nitrogens is 2. The zero-order valence-electron chi connectivity index (χ0n) is 12.3. The molecule has 0 bridgehead atoms. The molecule has 2 aromatic rings. The Labute approximate surface area is 128 Å². The number of hydrogen-bond donors (Lipinski definition) is 2. The Morgan fingerprint density at radius 2 is 2.00 bits per heavy atom. The molecule has 0 radical (unpaired) electrons. The lowest BCUT2D eigenvalue weighted by molar-refractivity contribution is -0.119. The van der Waals surface area contributed by atoms with E-state index in [1.165, 1.54) is 0 Å². The summed E-state index contributed by atoms with van der Waals surface area (Å²) in [5.74, 6) is -0.218. The summed E-state index contributed by atoms with van der Waals surface area (Å²) in [4.78, 5) is 24.0. The van der Waals surface area contributed by atoms with Crippen LogP contribution < -0.4 is 10.6 Å². The monoisotopic (exact) mass is 298 g/mol. The highest BCUT2D eigenvalue weighted by Gasteiger charge is 2.23. The van der Waals surface area contributed by atoms with Crippen molar-refractivity contribution in [1.82, 2.24) is 15.1 Å². The Morgan fingerprint density at radius 1 is 1.27 bits per heavy atom. The highest BCUT2D eigenvalue weighted by Crippen LogP contribution is 2.20. The zero-order valence-corrected chi connectivity index (χ0v) is 12.3. The Balaban J connectivity index is 1.60. The lowest BCUT2D eigenvalue weighted by Crippen LogP contribution is -2.25. The predicted molar refractivity (Wildman–Crippen MR) is 82.5 cm³/mol. The Bertz CT molecular complexity index is 660. The summed E-state index contributed by atoms with van der Waals surface area (Å²) >= 11 is 0. The van der Waals surface area contributed by atoms with Crippen molar-refractivity contribution in [2.45, 2.75) is 31.8 Å². The SMILES string of the molecule is CC(C(=O)Nc1ccc(C(=O)NC2CC2)cc1)n1cccn1. The van der Waals surface area contributed by atoms with Crippen LogP contribution in [0, 0.1) is 0 Å². The number of nitrogens with zero attached hydrogens (tertiary/aromatic N) is 2. The van der Waals surface area contributed by atoms with Gasteiger partial charge in [0.15, 0.2) is 0 Å². The second-order valence-corrected chi connectivity index (χ2v) is 5.48. The number of carbonyl (C=O) groups is 2. The standard InChI is InChI=1S/C16H18N4O2/c1-11(20-10-2-9-17-20)15(21)18-13-5-3-12(4-6-13)16(22)19-14-7-8-14/h2-6,9-11,14H,7-8H2,1H3,(H,18,21)(H,19,22). The molecule has 1 saturated carbocycles. The predicted octanol–water partition coefficient (Wildman–Crippen LogP) is 1.97. The molecule has 6 heteroatoms. The van der Waals surface area contributed by atoms with Gasteiger partial charge in [0.1, 0.15) is 6.04 Å².